The van der Waals surface area contributed by atoms with Crippen molar-refractivity contribution in [3.05, 3.63) is 108 Å². The molecular weight excluding hydrogens is 496 g/mol. The van der Waals surface area contributed by atoms with Crippen LogP contribution in [0.25, 0.3) is 21.5 Å². The number of allylic oxidation sites excluding steroid dienone is 4. The first kappa shape index (κ1) is 25.1. The highest BCUT2D eigenvalue weighted by Gasteiger charge is 2.51. The van der Waals surface area contributed by atoms with Gasteiger partial charge >= 0.3 is 0 Å². The topological polar surface area (TPSA) is 6.25 Å². The van der Waals surface area contributed by atoms with Crippen molar-refractivity contribution in [1.82, 2.24) is 0 Å². The molecule has 0 aromatic heterocycles. The average Bonchev–Trinajstić information content (AvgIpc) is 3.38. The molecule has 0 unspecified atom stereocenters. The second-order valence-corrected chi connectivity index (χ2v) is 13.1. The van der Waals surface area contributed by atoms with Crippen molar-refractivity contribution in [1.29, 1.82) is 0 Å². The van der Waals surface area contributed by atoms with Crippen molar-refractivity contribution in [2.45, 2.75) is 75.0 Å². The van der Waals surface area contributed by atoms with Crippen molar-refractivity contribution in [3.8, 4) is 0 Å². The molecule has 2 aliphatic carbocycles. The number of benzene rings is 4. The lowest BCUT2D eigenvalue weighted by Crippen LogP contribution is -2.36. The van der Waals surface area contributed by atoms with Crippen LogP contribution in [0.15, 0.2) is 96.7 Å². The number of hydrogen-bond acceptors (Lipinski definition) is 1. The molecule has 0 amide bonds. The number of likely N-dealkylation sites (N-methyl/N-ethyl adjacent to an activating group) is 1. The molecule has 2 spiro atoms. The standard InChI is InChI=1S/C39H41N2/c1-40-34(38(24-9-3-10-25-38)32-22-20-28-14-5-7-16-30(28)36(32)40)18-13-19-35-39(26-11-4-12-27-39)33-23-21-29-15-6-8-17-31(29)37(33)41(35)2/h5-8,13-23H,3-4,9-12,24-27H2,1-2H3/q+1. The molecule has 2 saturated carbocycles. The number of nitrogens with zero attached hydrogens (tertiary/aromatic N) is 2. The Labute approximate surface area is 244 Å². The lowest BCUT2D eigenvalue weighted by atomic mass is 9.67. The van der Waals surface area contributed by atoms with Crippen molar-refractivity contribution in [3.63, 3.8) is 0 Å². The third-order valence-electron chi connectivity index (χ3n) is 11.1. The lowest BCUT2D eigenvalue weighted by Gasteiger charge is -2.36. The SMILES string of the molecule is CN1C(=CC=CC2=[N+](C)c3c(ccc4ccccc34)C23CCCCC3)C2(CCCCC2)c2ccc3ccccc3c21. The fourth-order valence-corrected chi connectivity index (χ4v) is 9.30. The fourth-order valence-electron chi connectivity index (χ4n) is 9.30. The summed E-state index contributed by atoms with van der Waals surface area (Å²) in [4.78, 5) is 2.54. The minimum atomic E-state index is 0.130. The van der Waals surface area contributed by atoms with E-state index in [-0.39, 0.29) is 10.8 Å². The van der Waals surface area contributed by atoms with Gasteiger partial charge in [0.25, 0.3) is 0 Å². The van der Waals surface area contributed by atoms with Crippen LogP contribution in [0.2, 0.25) is 0 Å². The van der Waals surface area contributed by atoms with Crippen LogP contribution >= 0.6 is 0 Å². The summed E-state index contributed by atoms with van der Waals surface area (Å²) < 4.78 is 2.54. The van der Waals surface area contributed by atoms with Crippen LogP contribution in [-0.2, 0) is 10.8 Å². The first-order valence-electron chi connectivity index (χ1n) is 15.9. The molecule has 2 heterocycles. The molecule has 4 aliphatic rings. The molecule has 2 aliphatic heterocycles. The van der Waals surface area contributed by atoms with Gasteiger partial charge in [0.1, 0.15) is 7.05 Å². The predicted molar refractivity (Wildman–Crippen MR) is 174 cm³/mol. The summed E-state index contributed by atoms with van der Waals surface area (Å²) in [6, 6.07) is 27.5. The van der Waals surface area contributed by atoms with Gasteiger partial charge in [0, 0.05) is 35.2 Å². The molecule has 8 rings (SSSR count). The van der Waals surface area contributed by atoms with Crippen molar-refractivity contribution in [2.24, 2.45) is 0 Å². The first-order chi connectivity index (χ1) is 20.1. The van der Waals surface area contributed by atoms with Gasteiger partial charge in [-0.2, -0.15) is 4.58 Å². The maximum Gasteiger partial charge on any atom is 0.217 e. The Bertz CT molecular complexity index is 1770. The summed E-state index contributed by atoms with van der Waals surface area (Å²) >= 11 is 0. The van der Waals surface area contributed by atoms with Crippen molar-refractivity contribution < 1.29 is 4.58 Å². The molecule has 206 valence electrons. The van der Waals surface area contributed by atoms with Gasteiger partial charge in [-0.1, -0.05) is 111 Å². The van der Waals surface area contributed by atoms with Crippen LogP contribution in [0.3, 0.4) is 0 Å². The summed E-state index contributed by atoms with van der Waals surface area (Å²) in [5.41, 5.74) is 9.19. The minimum Gasteiger partial charge on any atom is -0.347 e. The largest absolute Gasteiger partial charge is 0.347 e. The fraction of sp³-hybridized carbons (Fsp3) is 0.359. The number of anilines is 1. The number of fused-ring (bicyclic) bond motifs is 8. The predicted octanol–water partition coefficient (Wildman–Crippen LogP) is 9.72. The molecule has 0 saturated heterocycles. The monoisotopic (exact) mass is 537 g/mol. The van der Waals surface area contributed by atoms with Crippen molar-refractivity contribution in [2.75, 3.05) is 19.0 Å². The zero-order valence-electron chi connectivity index (χ0n) is 24.6. The Kier molecular flexibility index (Phi) is 5.78. The molecule has 2 fully saturated rings. The summed E-state index contributed by atoms with van der Waals surface area (Å²) in [6.45, 7) is 0. The molecule has 0 radical (unpaired) electrons. The zero-order valence-corrected chi connectivity index (χ0v) is 24.6. The van der Waals surface area contributed by atoms with Crippen LogP contribution in [0.4, 0.5) is 11.4 Å². The third kappa shape index (κ3) is 3.52. The molecule has 0 N–H and O–H groups in total. The summed E-state index contributed by atoms with van der Waals surface area (Å²) in [6.07, 6.45) is 20.3. The van der Waals surface area contributed by atoms with Crippen LogP contribution in [0.5, 0.6) is 0 Å². The second-order valence-electron chi connectivity index (χ2n) is 13.1. The highest BCUT2D eigenvalue weighted by atomic mass is 15.2. The lowest BCUT2D eigenvalue weighted by molar-refractivity contribution is -0.400. The Hall–Kier alpha value is -3.65. The number of hydrogen-bond donors (Lipinski definition) is 0. The van der Waals surface area contributed by atoms with Crippen LogP contribution in [0, 0.1) is 0 Å². The molecule has 0 atom stereocenters. The average molecular weight is 538 g/mol. The van der Waals surface area contributed by atoms with E-state index < -0.39 is 0 Å². The van der Waals surface area contributed by atoms with Gasteiger partial charge in [-0.15, -0.1) is 0 Å². The molecule has 2 heteroatoms. The van der Waals surface area contributed by atoms with Gasteiger partial charge in [-0.3, -0.25) is 0 Å². The van der Waals surface area contributed by atoms with E-state index in [4.69, 9.17) is 0 Å². The van der Waals surface area contributed by atoms with E-state index in [2.05, 4.69) is 115 Å². The highest BCUT2D eigenvalue weighted by Crippen LogP contribution is 2.57. The van der Waals surface area contributed by atoms with Crippen LogP contribution in [-0.4, -0.2) is 24.4 Å². The van der Waals surface area contributed by atoms with Crippen LogP contribution in [0.1, 0.15) is 75.3 Å². The summed E-state index contributed by atoms with van der Waals surface area (Å²) in [5.74, 6) is 0. The maximum absolute atomic E-state index is 2.54. The molecular formula is C39H41N2+. The van der Waals surface area contributed by atoms with E-state index in [1.165, 1.54) is 109 Å². The van der Waals surface area contributed by atoms with Gasteiger partial charge in [-0.05, 0) is 54.2 Å². The van der Waals surface area contributed by atoms with Gasteiger partial charge in [-0.25, -0.2) is 0 Å². The van der Waals surface area contributed by atoms with Crippen molar-refractivity contribution >= 4 is 38.6 Å². The van der Waals surface area contributed by atoms with E-state index in [1.54, 1.807) is 11.1 Å². The smallest absolute Gasteiger partial charge is 0.217 e. The molecule has 0 bridgehead atoms. The number of rotatable bonds is 2. The highest BCUT2D eigenvalue weighted by molar-refractivity contribution is 6.08. The van der Waals surface area contributed by atoms with E-state index in [9.17, 15) is 0 Å². The Morgan fingerprint density at radius 1 is 0.659 bits per heavy atom. The summed E-state index contributed by atoms with van der Waals surface area (Å²) in [5, 5.41) is 5.46. The normalized spacial score (nSPS) is 22.1. The Morgan fingerprint density at radius 3 is 1.95 bits per heavy atom. The summed E-state index contributed by atoms with van der Waals surface area (Å²) in [7, 11) is 4.63. The van der Waals surface area contributed by atoms with Gasteiger partial charge in [0.15, 0.2) is 5.71 Å². The molecule has 41 heavy (non-hydrogen) atoms. The van der Waals surface area contributed by atoms with Gasteiger partial charge in [0.05, 0.1) is 16.5 Å². The van der Waals surface area contributed by atoms with E-state index in [1.807, 2.05) is 0 Å². The molecule has 4 aromatic rings. The Balaban J connectivity index is 1.26. The Morgan fingerprint density at radius 2 is 1.24 bits per heavy atom. The maximum atomic E-state index is 2.54. The van der Waals surface area contributed by atoms with Gasteiger partial charge in [0.2, 0.25) is 5.69 Å². The van der Waals surface area contributed by atoms with E-state index >= 15 is 0 Å². The van der Waals surface area contributed by atoms with Gasteiger partial charge < -0.3 is 4.90 Å². The van der Waals surface area contributed by atoms with Crippen LogP contribution < -0.4 is 4.90 Å². The zero-order chi connectivity index (χ0) is 27.6. The quantitative estimate of drug-likeness (QED) is 0.231. The third-order valence-corrected chi connectivity index (χ3v) is 11.1. The second kappa shape index (κ2) is 9.44. The van der Waals surface area contributed by atoms with E-state index in [0.29, 0.717) is 0 Å². The van der Waals surface area contributed by atoms with E-state index in [0.717, 1.165) is 0 Å². The molecule has 2 nitrogen and oxygen atoms in total. The first-order valence-corrected chi connectivity index (χ1v) is 15.9. The minimum absolute atomic E-state index is 0.130. The molecule has 4 aromatic carbocycles.